The first-order valence-corrected chi connectivity index (χ1v) is 16.0. The van der Waals surface area contributed by atoms with E-state index in [1.165, 1.54) is 28.7 Å². The second-order valence-electron chi connectivity index (χ2n) is 10.5. The van der Waals surface area contributed by atoms with Crippen LogP contribution in [-0.2, 0) is 27.7 Å². The molecule has 0 spiro atoms. The van der Waals surface area contributed by atoms with Crippen molar-refractivity contribution in [2.75, 3.05) is 30.3 Å². The normalized spacial score (nSPS) is 16.3. The second-order valence-corrected chi connectivity index (χ2v) is 12.8. The minimum atomic E-state index is -3.75. The van der Waals surface area contributed by atoms with Gasteiger partial charge >= 0.3 is 0 Å². The molecular weight excluding hydrogens is 608 g/mol. The molecule has 230 valence electrons. The van der Waals surface area contributed by atoms with Crippen LogP contribution in [0.4, 0.5) is 20.2 Å². The Bertz CT molecular complexity index is 1690. The Hall–Kier alpha value is -3.90. The van der Waals surface area contributed by atoms with Gasteiger partial charge in [0.2, 0.25) is 15.9 Å². The second kappa shape index (κ2) is 14.3. The van der Waals surface area contributed by atoms with E-state index in [9.17, 15) is 17.6 Å². The maximum Gasteiger partial charge on any atom is 0.247 e. The van der Waals surface area contributed by atoms with Crippen molar-refractivity contribution in [3.63, 3.8) is 0 Å². The maximum absolute atomic E-state index is 15.3. The number of halogens is 3. The lowest BCUT2D eigenvalue weighted by molar-refractivity contribution is -0.116. The Kier molecular flexibility index (Phi) is 10.2. The molecule has 0 saturated carbocycles. The summed E-state index contributed by atoms with van der Waals surface area (Å²) in [5.41, 5.74) is 1.65. The molecule has 44 heavy (non-hydrogen) atoms. The van der Waals surface area contributed by atoms with Crippen molar-refractivity contribution in [1.82, 2.24) is 14.6 Å². The Morgan fingerprint density at radius 3 is 2.57 bits per heavy atom. The zero-order valence-electron chi connectivity index (χ0n) is 23.7. The number of hydrogen-bond acceptors (Lipinski definition) is 6. The highest BCUT2D eigenvalue weighted by atomic mass is 35.5. The lowest BCUT2D eigenvalue weighted by Crippen LogP contribution is -2.53. The SMILES string of the molecule is O=C(Nc1cccc(F)c1CC[C@H]1CNCCN1S(=O)(=O)c1ccccc1)[C@H](Cc1ccc(Cl)cc1)Nc1cncc(F)c1. The lowest BCUT2D eigenvalue weighted by atomic mass is 10.0. The van der Waals surface area contributed by atoms with Crippen LogP contribution in [0.25, 0.3) is 0 Å². The van der Waals surface area contributed by atoms with Crippen LogP contribution in [0.1, 0.15) is 17.5 Å². The largest absolute Gasteiger partial charge is 0.372 e. The fourth-order valence-electron chi connectivity index (χ4n) is 5.25. The summed E-state index contributed by atoms with van der Waals surface area (Å²) in [7, 11) is -3.75. The topological polar surface area (TPSA) is 103 Å². The summed E-state index contributed by atoms with van der Waals surface area (Å²) in [6.07, 6.45) is 3.20. The van der Waals surface area contributed by atoms with E-state index >= 15 is 4.39 Å². The molecular formula is C32H32ClF2N5O3S. The Labute approximate surface area is 260 Å². The molecule has 12 heteroatoms. The first-order valence-electron chi connectivity index (χ1n) is 14.2. The van der Waals surface area contributed by atoms with Crippen LogP contribution in [0.2, 0.25) is 5.02 Å². The molecule has 3 aromatic carbocycles. The Balaban J connectivity index is 1.35. The van der Waals surface area contributed by atoms with Gasteiger partial charge in [-0.3, -0.25) is 9.78 Å². The molecule has 2 heterocycles. The van der Waals surface area contributed by atoms with Gasteiger partial charge in [-0.25, -0.2) is 17.2 Å². The summed E-state index contributed by atoms with van der Waals surface area (Å²) in [5, 5.41) is 9.66. The maximum atomic E-state index is 15.3. The van der Waals surface area contributed by atoms with Crippen molar-refractivity contribution in [2.24, 2.45) is 0 Å². The summed E-state index contributed by atoms with van der Waals surface area (Å²) in [6.45, 7) is 1.21. The molecule has 0 bridgehead atoms. The number of carbonyl (C=O) groups is 1. The zero-order chi connectivity index (χ0) is 31.1. The van der Waals surface area contributed by atoms with Gasteiger partial charge < -0.3 is 16.0 Å². The summed E-state index contributed by atoms with van der Waals surface area (Å²) in [4.78, 5) is 17.7. The number of benzene rings is 3. The minimum absolute atomic E-state index is 0.179. The third-order valence-electron chi connectivity index (χ3n) is 7.47. The molecule has 0 unspecified atom stereocenters. The van der Waals surface area contributed by atoms with Gasteiger partial charge in [-0.15, -0.1) is 0 Å². The molecule has 0 radical (unpaired) electrons. The molecule has 1 aliphatic heterocycles. The number of sulfonamides is 1. The molecule has 1 fully saturated rings. The number of nitrogens with one attached hydrogen (secondary N) is 3. The van der Waals surface area contributed by atoms with Crippen LogP contribution >= 0.6 is 11.6 Å². The first-order chi connectivity index (χ1) is 21.2. The number of piperazine rings is 1. The average molecular weight is 640 g/mol. The van der Waals surface area contributed by atoms with Crippen molar-refractivity contribution in [3.8, 4) is 0 Å². The Morgan fingerprint density at radius 1 is 1.05 bits per heavy atom. The van der Waals surface area contributed by atoms with Crippen LogP contribution < -0.4 is 16.0 Å². The van der Waals surface area contributed by atoms with Gasteiger partial charge in [0.05, 0.1) is 23.0 Å². The highest BCUT2D eigenvalue weighted by Crippen LogP contribution is 2.26. The molecule has 5 rings (SSSR count). The molecule has 1 aliphatic rings. The molecule has 3 N–H and O–H groups in total. The predicted molar refractivity (Wildman–Crippen MR) is 167 cm³/mol. The number of rotatable bonds is 11. The van der Waals surface area contributed by atoms with Gasteiger partial charge in [0, 0.05) is 54.4 Å². The lowest BCUT2D eigenvalue weighted by Gasteiger charge is -2.35. The van der Waals surface area contributed by atoms with E-state index in [4.69, 9.17) is 11.6 Å². The van der Waals surface area contributed by atoms with Crippen LogP contribution in [0.3, 0.4) is 0 Å². The summed E-state index contributed by atoms with van der Waals surface area (Å²) in [6, 6.07) is 19.6. The number of amides is 1. The first kappa shape index (κ1) is 31.5. The summed E-state index contributed by atoms with van der Waals surface area (Å²) < 4.78 is 57.4. The third-order valence-corrected chi connectivity index (χ3v) is 9.68. The number of pyridine rings is 1. The van der Waals surface area contributed by atoms with E-state index in [1.54, 1.807) is 60.7 Å². The standard InChI is InChI=1S/C32H32ClF2N5O3S/c33-23-11-9-22(10-12-23)17-31(38-25-18-24(34)19-37-20-25)32(41)39-30-8-4-7-29(35)28(30)14-13-26-21-36-15-16-40(26)44(42,43)27-5-2-1-3-6-27/h1-12,18-20,26,31,36,38H,13-17,21H2,(H,39,41)/t26-,31-/m0/s1. The molecule has 1 amide bonds. The van der Waals surface area contributed by atoms with E-state index in [0.29, 0.717) is 30.2 Å². The fraction of sp³-hybridized carbons (Fsp3) is 0.250. The monoisotopic (exact) mass is 639 g/mol. The van der Waals surface area contributed by atoms with Gasteiger partial charge in [-0.05, 0) is 54.8 Å². The van der Waals surface area contributed by atoms with E-state index in [0.717, 1.165) is 11.8 Å². The van der Waals surface area contributed by atoms with Crippen LogP contribution in [0.5, 0.6) is 0 Å². The highest BCUT2D eigenvalue weighted by molar-refractivity contribution is 7.89. The number of hydrogen-bond donors (Lipinski definition) is 3. The third kappa shape index (κ3) is 7.78. The molecule has 4 aromatic rings. The van der Waals surface area contributed by atoms with Crippen LogP contribution in [0, 0.1) is 11.6 Å². The van der Waals surface area contributed by atoms with Gasteiger partial charge in [-0.1, -0.05) is 48.0 Å². The minimum Gasteiger partial charge on any atom is -0.372 e. The zero-order valence-corrected chi connectivity index (χ0v) is 25.3. The smallest absolute Gasteiger partial charge is 0.247 e. The molecule has 1 saturated heterocycles. The average Bonchev–Trinajstić information content (AvgIpc) is 3.02. The van der Waals surface area contributed by atoms with Gasteiger partial charge in [0.25, 0.3) is 0 Å². The number of carbonyl (C=O) groups excluding carboxylic acids is 1. The van der Waals surface area contributed by atoms with Crippen molar-refractivity contribution in [1.29, 1.82) is 0 Å². The van der Waals surface area contributed by atoms with E-state index in [2.05, 4.69) is 20.9 Å². The summed E-state index contributed by atoms with van der Waals surface area (Å²) >= 11 is 6.03. The molecule has 0 aliphatic carbocycles. The van der Waals surface area contributed by atoms with Crippen molar-refractivity contribution in [2.45, 2.75) is 36.2 Å². The molecule has 2 atom stereocenters. The van der Waals surface area contributed by atoms with Gasteiger partial charge in [0.15, 0.2) is 0 Å². The van der Waals surface area contributed by atoms with E-state index in [-0.39, 0.29) is 35.5 Å². The number of anilines is 2. The van der Waals surface area contributed by atoms with Crippen molar-refractivity contribution < 1.29 is 22.0 Å². The highest BCUT2D eigenvalue weighted by Gasteiger charge is 2.33. The summed E-state index contributed by atoms with van der Waals surface area (Å²) in [5.74, 6) is -1.54. The fourth-order valence-corrected chi connectivity index (χ4v) is 7.05. The van der Waals surface area contributed by atoms with Gasteiger partial charge in [-0.2, -0.15) is 4.31 Å². The Morgan fingerprint density at radius 2 is 1.82 bits per heavy atom. The molecule has 8 nitrogen and oxygen atoms in total. The van der Waals surface area contributed by atoms with Crippen molar-refractivity contribution in [3.05, 3.63) is 119 Å². The molecule has 1 aromatic heterocycles. The predicted octanol–water partition coefficient (Wildman–Crippen LogP) is 5.27. The van der Waals surface area contributed by atoms with Gasteiger partial charge in [0.1, 0.15) is 17.7 Å². The van der Waals surface area contributed by atoms with Crippen molar-refractivity contribution >= 4 is 38.9 Å². The van der Waals surface area contributed by atoms with E-state index in [1.807, 2.05) is 0 Å². The number of nitrogens with zero attached hydrogens (tertiary/aromatic N) is 2. The quantitative estimate of drug-likeness (QED) is 0.207. The number of aromatic nitrogens is 1. The van der Waals surface area contributed by atoms with Crippen LogP contribution in [0.15, 0.2) is 96.2 Å². The van der Waals surface area contributed by atoms with E-state index < -0.39 is 39.6 Å². The van der Waals surface area contributed by atoms with Crippen LogP contribution in [-0.4, -0.2) is 55.3 Å².